The molecular weight excluding hydrogens is 288 g/mol. The molecule has 0 aromatic carbocycles. The van der Waals surface area contributed by atoms with Gasteiger partial charge in [0, 0.05) is 32.9 Å². The van der Waals surface area contributed by atoms with Crippen LogP contribution in [-0.4, -0.2) is 52.8 Å². The number of ether oxygens (including phenoxy) is 1. The lowest BCUT2D eigenvalue weighted by atomic mass is 9.96. The summed E-state index contributed by atoms with van der Waals surface area (Å²) >= 11 is 0. The number of hydrogen-bond acceptors (Lipinski definition) is 4. The minimum Gasteiger partial charge on any atom is -0.385 e. The van der Waals surface area contributed by atoms with Crippen LogP contribution in [0.1, 0.15) is 32.0 Å². The zero-order chi connectivity index (χ0) is 16.1. The first-order valence-electron chi connectivity index (χ1n) is 8.83. The fourth-order valence-corrected chi connectivity index (χ4v) is 3.51. The first kappa shape index (κ1) is 16.4. The topological polar surface area (TPSA) is 43.2 Å². The predicted octanol–water partition coefficient (Wildman–Crippen LogP) is 2.74. The van der Waals surface area contributed by atoms with E-state index in [1.165, 1.54) is 32.5 Å². The molecule has 126 valence electrons. The summed E-state index contributed by atoms with van der Waals surface area (Å²) in [6, 6.07) is 4.04. The Morgan fingerprint density at radius 1 is 1.30 bits per heavy atom. The van der Waals surface area contributed by atoms with E-state index >= 15 is 0 Å². The van der Waals surface area contributed by atoms with Gasteiger partial charge in [0.05, 0.1) is 0 Å². The molecule has 0 unspecified atom stereocenters. The van der Waals surface area contributed by atoms with E-state index in [1.54, 1.807) is 7.11 Å². The van der Waals surface area contributed by atoms with Crippen molar-refractivity contribution in [3.63, 3.8) is 0 Å². The molecule has 1 saturated heterocycles. The molecule has 23 heavy (non-hydrogen) atoms. The van der Waals surface area contributed by atoms with Crippen molar-refractivity contribution in [3.05, 3.63) is 24.2 Å². The van der Waals surface area contributed by atoms with Gasteiger partial charge in [0.1, 0.15) is 11.3 Å². The maximum absolute atomic E-state index is 5.19. The molecule has 0 atom stereocenters. The molecule has 3 rings (SSSR count). The molecule has 0 amide bonds. The lowest BCUT2D eigenvalue weighted by Crippen LogP contribution is -2.34. The fraction of sp³-hybridized carbons (Fsp3) is 0.667. The van der Waals surface area contributed by atoms with Gasteiger partial charge in [0.2, 0.25) is 0 Å². The molecule has 5 heteroatoms. The Balaban J connectivity index is 1.76. The van der Waals surface area contributed by atoms with E-state index in [0.29, 0.717) is 0 Å². The average molecular weight is 316 g/mol. The number of hydrogen-bond donors (Lipinski definition) is 0. The molecule has 0 N–H and O–H groups in total. The number of pyridine rings is 1. The minimum absolute atomic E-state index is 0.735. The standard InChI is InChI=1S/C18H28N4O/c1-3-21-11-8-15(9-12-21)14-22-17(7-5-13-23-2)20-16-6-4-10-19-18(16)22/h4,6,10,15H,3,5,7-9,11-14H2,1-2H3. The summed E-state index contributed by atoms with van der Waals surface area (Å²) in [5, 5.41) is 0. The van der Waals surface area contributed by atoms with Crippen molar-refractivity contribution < 1.29 is 4.74 Å². The van der Waals surface area contributed by atoms with Crippen LogP contribution in [-0.2, 0) is 17.7 Å². The van der Waals surface area contributed by atoms with Gasteiger partial charge >= 0.3 is 0 Å². The highest BCUT2D eigenvalue weighted by molar-refractivity contribution is 5.71. The van der Waals surface area contributed by atoms with Gasteiger partial charge < -0.3 is 14.2 Å². The molecule has 1 aliphatic rings. The quantitative estimate of drug-likeness (QED) is 0.737. The monoisotopic (exact) mass is 316 g/mol. The molecule has 2 aromatic heterocycles. The Kier molecular flexibility index (Phi) is 5.62. The Morgan fingerprint density at radius 3 is 2.87 bits per heavy atom. The van der Waals surface area contributed by atoms with Crippen LogP contribution in [0.15, 0.2) is 18.3 Å². The molecule has 3 heterocycles. The van der Waals surface area contributed by atoms with Crippen LogP contribution in [0.2, 0.25) is 0 Å². The van der Waals surface area contributed by atoms with Crippen LogP contribution in [0.4, 0.5) is 0 Å². The van der Waals surface area contributed by atoms with Gasteiger partial charge in [-0.1, -0.05) is 6.92 Å². The Labute approximate surface area is 138 Å². The van der Waals surface area contributed by atoms with Crippen molar-refractivity contribution >= 4 is 11.2 Å². The van der Waals surface area contributed by atoms with E-state index in [2.05, 4.69) is 27.4 Å². The zero-order valence-electron chi connectivity index (χ0n) is 14.4. The van der Waals surface area contributed by atoms with Gasteiger partial charge in [-0.3, -0.25) is 0 Å². The van der Waals surface area contributed by atoms with Gasteiger partial charge in [0.25, 0.3) is 0 Å². The van der Waals surface area contributed by atoms with E-state index in [9.17, 15) is 0 Å². The third kappa shape index (κ3) is 3.90. The fourth-order valence-electron chi connectivity index (χ4n) is 3.51. The van der Waals surface area contributed by atoms with Gasteiger partial charge in [-0.15, -0.1) is 0 Å². The molecule has 0 aliphatic carbocycles. The Hall–Kier alpha value is -1.46. The Bertz CT molecular complexity index is 617. The second kappa shape index (κ2) is 7.88. The van der Waals surface area contributed by atoms with E-state index in [4.69, 9.17) is 9.72 Å². The summed E-state index contributed by atoms with van der Waals surface area (Å²) in [7, 11) is 1.76. The van der Waals surface area contributed by atoms with E-state index in [1.807, 2.05) is 12.3 Å². The average Bonchev–Trinajstić information content (AvgIpc) is 2.94. The highest BCUT2D eigenvalue weighted by atomic mass is 16.5. The van der Waals surface area contributed by atoms with Crippen molar-refractivity contribution in [3.8, 4) is 0 Å². The molecule has 0 saturated carbocycles. The van der Waals surface area contributed by atoms with Crippen molar-refractivity contribution in [2.45, 2.75) is 39.2 Å². The number of nitrogens with zero attached hydrogens (tertiary/aromatic N) is 4. The van der Waals surface area contributed by atoms with Crippen LogP contribution < -0.4 is 0 Å². The highest BCUT2D eigenvalue weighted by Gasteiger charge is 2.21. The number of rotatable bonds is 7. The molecule has 2 aromatic rings. The lowest BCUT2D eigenvalue weighted by molar-refractivity contribution is 0.180. The van der Waals surface area contributed by atoms with Crippen LogP contribution in [0.3, 0.4) is 0 Å². The van der Waals surface area contributed by atoms with Gasteiger partial charge in [-0.05, 0) is 56.9 Å². The maximum atomic E-state index is 5.19. The summed E-state index contributed by atoms with van der Waals surface area (Å²) < 4.78 is 7.55. The van der Waals surface area contributed by atoms with E-state index in [0.717, 1.165) is 48.9 Å². The van der Waals surface area contributed by atoms with Crippen molar-refractivity contribution in [1.29, 1.82) is 0 Å². The Morgan fingerprint density at radius 2 is 2.13 bits per heavy atom. The summed E-state index contributed by atoms with van der Waals surface area (Å²) in [6.45, 7) is 7.70. The van der Waals surface area contributed by atoms with Gasteiger partial charge in [-0.2, -0.15) is 0 Å². The largest absolute Gasteiger partial charge is 0.385 e. The minimum atomic E-state index is 0.735. The molecule has 0 radical (unpaired) electrons. The second-order valence-electron chi connectivity index (χ2n) is 6.46. The second-order valence-corrected chi connectivity index (χ2v) is 6.46. The number of aryl methyl sites for hydroxylation is 1. The number of aromatic nitrogens is 3. The first-order chi connectivity index (χ1) is 11.3. The third-order valence-corrected chi connectivity index (χ3v) is 4.93. The normalized spacial score (nSPS) is 17.1. The van der Waals surface area contributed by atoms with Crippen LogP contribution in [0.25, 0.3) is 11.2 Å². The summed E-state index contributed by atoms with van der Waals surface area (Å²) in [4.78, 5) is 11.9. The molecular formula is C18H28N4O. The van der Waals surface area contributed by atoms with Crippen molar-refractivity contribution in [1.82, 2.24) is 19.4 Å². The van der Waals surface area contributed by atoms with Crippen LogP contribution in [0, 0.1) is 5.92 Å². The summed E-state index contributed by atoms with van der Waals surface area (Å²) in [5.41, 5.74) is 2.06. The van der Waals surface area contributed by atoms with Gasteiger partial charge in [-0.25, -0.2) is 9.97 Å². The van der Waals surface area contributed by atoms with Crippen molar-refractivity contribution in [2.24, 2.45) is 5.92 Å². The maximum Gasteiger partial charge on any atom is 0.159 e. The van der Waals surface area contributed by atoms with Crippen molar-refractivity contribution in [2.75, 3.05) is 33.4 Å². The van der Waals surface area contributed by atoms with Crippen LogP contribution >= 0.6 is 0 Å². The highest BCUT2D eigenvalue weighted by Crippen LogP contribution is 2.23. The smallest absolute Gasteiger partial charge is 0.159 e. The molecule has 5 nitrogen and oxygen atoms in total. The summed E-state index contributed by atoms with van der Waals surface area (Å²) in [5.74, 6) is 1.90. The number of fused-ring (bicyclic) bond motifs is 1. The molecule has 0 bridgehead atoms. The molecule has 0 spiro atoms. The SMILES string of the molecule is CCN1CCC(Cn2c(CCCOC)nc3cccnc32)CC1. The number of imidazole rings is 1. The number of methoxy groups -OCH3 is 1. The predicted molar refractivity (Wildman–Crippen MR) is 92.6 cm³/mol. The first-order valence-corrected chi connectivity index (χ1v) is 8.83. The number of piperidine rings is 1. The number of likely N-dealkylation sites (tertiary alicyclic amines) is 1. The third-order valence-electron chi connectivity index (χ3n) is 4.93. The van der Waals surface area contributed by atoms with E-state index in [-0.39, 0.29) is 0 Å². The van der Waals surface area contributed by atoms with Crippen LogP contribution in [0.5, 0.6) is 0 Å². The molecule has 1 aliphatic heterocycles. The zero-order valence-corrected chi connectivity index (χ0v) is 14.4. The summed E-state index contributed by atoms with van der Waals surface area (Å²) in [6.07, 6.45) is 6.39. The molecule has 1 fully saturated rings. The van der Waals surface area contributed by atoms with E-state index < -0.39 is 0 Å². The lowest BCUT2D eigenvalue weighted by Gasteiger charge is -2.31. The van der Waals surface area contributed by atoms with Gasteiger partial charge in [0.15, 0.2) is 5.65 Å².